The zero-order valence-corrected chi connectivity index (χ0v) is 11.6. The fourth-order valence-electron chi connectivity index (χ4n) is 1.53. The van der Waals surface area contributed by atoms with Crippen molar-refractivity contribution in [2.45, 2.75) is 6.18 Å². The zero-order chi connectivity index (χ0) is 16.8. The second-order valence-corrected chi connectivity index (χ2v) is 4.20. The lowest BCUT2D eigenvalue weighted by Crippen LogP contribution is -2.41. The van der Waals surface area contributed by atoms with Gasteiger partial charge in [-0.2, -0.15) is 13.2 Å². The quantitative estimate of drug-likeness (QED) is 0.737. The summed E-state index contributed by atoms with van der Waals surface area (Å²) in [4.78, 5) is 34.7. The predicted molar refractivity (Wildman–Crippen MR) is 71.2 cm³/mol. The second-order valence-electron chi connectivity index (χ2n) is 4.20. The van der Waals surface area contributed by atoms with Gasteiger partial charge >= 0.3 is 6.18 Å². The summed E-state index contributed by atoms with van der Waals surface area (Å²) in [5.41, 5.74) is 0.115. The Kier molecular flexibility index (Phi) is 5.90. The molecule has 0 heterocycles. The molecule has 3 amide bonds. The molecule has 0 bridgehead atoms. The van der Waals surface area contributed by atoms with Crippen molar-refractivity contribution >= 4 is 17.7 Å². The molecule has 0 aliphatic carbocycles. The summed E-state index contributed by atoms with van der Waals surface area (Å²) in [5, 5.41) is 6.13. The molecule has 1 rings (SSSR count). The molecule has 0 aliphatic rings. The van der Waals surface area contributed by atoms with E-state index in [0.717, 1.165) is 0 Å². The number of halogens is 3. The summed E-state index contributed by atoms with van der Waals surface area (Å²) in [6, 6.07) is 5.85. The molecule has 0 aliphatic heterocycles. The average Bonchev–Trinajstić information content (AvgIpc) is 2.49. The molecule has 0 spiro atoms. The van der Waals surface area contributed by atoms with Crippen LogP contribution in [0, 0.1) is 0 Å². The van der Waals surface area contributed by atoms with E-state index in [4.69, 9.17) is 0 Å². The zero-order valence-electron chi connectivity index (χ0n) is 11.6. The van der Waals surface area contributed by atoms with Gasteiger partial charge in [0.25, 0.3) is 11.8 Å². The van der Waals surface area contributed by atoms with Gasteiger partial charge in [-0.05, 0) is 12.1 Å². The number of amides is 3. The molecule has 0 atom stereocenters. The van der Waals surface area contributed by atoms with Gasteiger partial charge in [-0.1, -0.05) is 12.1 Å². The number of benzene rings is 1. The highest BCUT2D eigenvalue weighted by Gasteiger charge is 2.27. The molecule has 6 nitrogen and oxygen atoms in total. The minimum Gasteiger partial charge on any atom is -0.355 e. The van der Waals surface area contributed by atoms with Crippen molar-refractivity contribution in [2.24, 2.45) is 0 Å². The topological polar surface area (TPSA) is 87.3 Å². The maximum Gasteiger partial charge on any atom is 0.405 e. The summed E-state index contributed by atoms with van der Waals surface area (Å²) >= 11 is 0. The molecule has 22 heavy (non-hydrogen) atoms. The van der Waals surface area contributed by atoms with Crippen molar-refractivity contribution in [3.8, 4) is 0 Å². The lowest BCUT2D eigenvalue weighted by Gasteiger charge is -2.10. The molecular formula is C13H14F3N3O3. The second kappa shape index (κ2) is 7.43. The van der Waals surface area contributed by atoms with Gasteiger partial charge in [0.15, 0.2) is 0 Å². The number of hydrogen-bond donors (Lipinski definition) is 3. The van der Waals surface area contributed by atoms with Crippen molar-refractivity contribution in [1.29, 1.82) is 0 Å². The summed E-state index contributed by atoms with van der Waals surface area (Å²) in [6.07, 6.45) is -4.52. The number of carbonyl (C=O) groups excluding carboxylic acids is 3. The van der Waals surface area contributed by atoms with Gasteiger partial charge in [0.2, 0.25) is 5.91 Å². The largest absolute Gasteiger partial charge is 0.405 e. The molecule has 3 N–H and O–H groups in total. The lowest BCUT2D eigenvalue weighted by atomic mass is 10.1. The van der Waals surface area contributed by atoms with E-state index < -0.39 is 37.0 Å². The third-order valence-corrected chi connectivity index (χ3v) is 2.54. The van der Waals surface area contributed by atoms with E-state index in [2.05, 4.69) is 10.6 Å². The van der Waals surface area contributed by atoms with Gasteiger partial charge in [0.05, 0.1) is 17.7 Å². The Bertz CT molecular complexity index is 573. The molecule has 9 heteroatoms. The number of carbonyl (C=O) groups is 3. The van der Waals surface area contributed by atoms with Gasteiger partial charge in [-0.25, -0.2) is 0 Å². The first-order valence-electron chi connectivity index (χ1n) is 6.17. The van der Waals surface area contributed by atoms with Crippen molar-refractivity contribution in [3.63, 3.8) is 0 Å². The fraction of sp³-hybridized carbons (Fsp3) is 0.308. The highest BCUT2D eigenvalue weighted by atomic mass is 19.4. The van der Waals surface area contributed by atoms with Crippen LogP contribution in [0.1, 0.15) is 20.7 Å². The Balaban J connectivity index is 2.63. The molecule has 1 aromatic carbocycles. The van der Waals surface area contributed by atoms with Crippen LogP contribution in [0.4, 0.5) is 13.2 Å². The molecule has 0 radical (unpaired) electrons. The predicted octanol–water partition coefficient (Wildman–Crippen LogP) is 0.454. The summed E-state index contributed by atoms with van der Waals surface area (Å²) in [5.74, 6) is -2.21. The van der Waals surface area contributed by atoms with E-state index in [1.165, 1.54) is 25.2 Å². The smallest absolute Gasteiger partial charge is 0.355 e. The van der Waals surface area contributed by atoms with Crippen LogP contribution in [-0.2, 0) is 4.79 Å². The van der Waals surface area contributed by atoms with Gasteiger partial charge in [-0.15, -0.1) is 0 Å². The fourth-order valence-corrected chi connectivity index (χ4v) is 1.53. The van der Waals surface area contributed by atoms with Gasteiger partial charge < -0.3 is 16.0 Å². The van der Waals surface area contributed by atoms with E-state index in [9.17, 15) is 27.6 Å². The van der Waals surface area contributed by atoms with E-state index in [-0.39, 0.29) is 11.1 Å². The van der Waals surface area contributed by atoms with Crippen LogP contribution in [0.25, 0.3) is 0 Å². The first kappa shape index (κ1) is 17.5. The molecule has 0 saturated carbocycles. The molecule has 0 saturated heterocycles. The van der Waals surface area contributed by atoms with E-state index in [1.54, 1.807) is 11.4 Å². The average molecular weight is 317 g/mol. The first-order valence-corrected chi connectivity index (χ1v) is 6.17. The van der Waals surface area contributed by atoms with Gasteiger partial charge in [0.1, 0.15) is 6.54 Å². The van der Waals surface area contributed by atoms with E-state index >= 15 is 0 Å². The summed E-state index contributed by atoms with van der Waals surface area (Å²) < 4.78 is 35.7. The van der Waals surface area contributed by atoms with Crippen LogP contribution in [0.2, 0.25) is 0 Å². The highest BCUT2D eigenvalue weighted by molar-refractivity contribution is 6.07. The third-order valence-electron chi connectivity index (χ3n) is 2.54. The van der Waals surface area contributed by atoms with Crippen LogP contribution < -0.4 is 16.0 Å². The monoisotopic (exact) mass is 317 g/mol. The van der Waals surface area contributed by atoms with Crippen molar-refractivity contribution in [1.82, 2.24) is 16.0 Å². The Hall–Kier alpha value is -2.58. The van der Waals surface area contributed by atoms with Crippen molar-refractivity contribution in [3.05, 3.63) is 35.4 Å². The molecule has 0 unspecified atom stereocenters. The van der Waals surface area contributed by atoms with Crippen molar-refractivity contribution in [2.75, 3.05) is 20.1 Å². The normalized spacial score (nSPS) is 10.7. The van der Waals surface area contributed by atoms with Crippen molar-refractivity contribution < 1.29 is 27.6 Å². The van der Waals surface area contributed by atoms with Crippen LogP contribution >= 0.6 is 0 Å². The standard InChI is InChI=1S/C13H14F3N3O3/c1-17-11(21)8-4-2-3-5-9(8)12(22)18-6-10(20)19-7-13(14,15)16/h2-5H,6-7H2,1H3,(H,17,21)(H,18,22)(H,19,20). The minimum absolute atomic E-state index is 0.0190. The maximum absolute atomic E-state index is 11.9. The van der Waals surface area contributed by atoms with Crippen LogP contribution in [0.3, 0.4) is 0 Å². The van der Waals surface area contributed by atoms with Crippen LogP contribution in [0.15, 0.2) is 24.3 Å². The summed E-state index contributed by atoms with van der Waals surface area (Å²) in [7, 11) is 1.39. The SMILES string of the molecule is CNC(=O)c1ccccc1C(=O)NCC(=O)NCC(F)(F)F. The Morgan fingerprint density at radius 2 is 1.55 bits per heavy atom. The molecule has 0 aromatic heterocycles. The number of rotatable bonds is 5. The molecular weight excluding hydrogens is 303 g/mol. The minimum atomic E-state index is -4.52. The van der Waals surface area contributed by atoms with Gasteiger partial charge in [-0.3, -0.25) is 14.4 Å². The number of hydrogen-bond acceptors (Lipinski definition) is 3. The summed E-state index contributed by atoms with van der Waals surface area (Å²) in [6.45, 7) is -2.10. The Labute approximate surface area is 124 Å². The number of nitrogens with one attached hydrogen (secondary N) is 3. The Morgan fingerprint density at radius 1 is 1.00 bits per heavy atom. The maximum atomic E-state index is 11.9. The third kappa shape index (κ3) is 5.43. The molecule has 120 valence electrons. The van der Waals surface area contributed by atoms with Gasteiger partial charge in [0, 0.05) is 7.05 Å². The first-order chi connectivity index (χ1) is 10.2. The van der Waals surface area contributed by atoms with Crippen LogP contribution in [0.5, 0.6) is 0 Å². The van der Waals surface area contributed by atoms with E-state index in [1.807, 2.05) is 0 Å². The Morgan fingerprint density at radius 3 is 2.05 bits per heavy atom. The number of alkyl halides is 3. The van der Waals surface area contributed by atoms with E-state index in [0.29, 0.717) is 0 Å². The van der Waals surface area contributed by atoms with Crippen LogP contribution in [-0.4, -0.2) is 44.0 Å². The lowest BCUT2D eigenvalue weighted by molar-refractivity contribution is -0.137. The molecule has 1 aromatic rings. The molecule has 0 fully saturated rings. The highest BCUT2D eigenvalue weighted by Crippen LogP contribution is 2.12.